The summed E-state index contributed by atoms with van der Waals surface area (Å²) >= 11 is 0. The topological polar surface area (TPSA) is 58.2 Å². The molecule has 0 saturated carbocycles. The first kappa shape index (κ1) is 19.4. The van der Waals surface area contributed by atoms with Crippen molar-refractivity contribution in [3.05, 3.63) is 108 Å². The van der Waals surface area contributed by atoms with E-state index in [2.05, 4.69) is 10.6 Å². The van der Waals surface area contributed by atoms with Gasteiger partial charge in [0, 0.05) is 6.92 Å². The molecule has 1 unspecified atom stereocenters. The van der Waals surface area contributed by atoms with Crippen molar-refractivity contribution in [2.24, 2.45) is 0 Å². The molecule has 0 bridgehead atoms. The Morgan fingerprint density at radius 1 is 0.679 bits per heavy atom. The van der Waals surface area contributed by atoms with Gasteiger partial charge >= 0.3 is 0 Å². The maximum Gasteiger partial charge on any atom is 0.223 e. The van der Waals surface area contributed by atoms with Crippen LogP contribution < -0.4 is 10.6 Å². The highest BCUT2D eigenvalue weighted by atomic mass is 16.2. The average molecular weight is 372 g/mol. The van der Waals surface area contributed by atoms with Gasteiger partial charge in [-0.05, 0) is 16.7 Å². The van der Waals surface area contributed by atoms with E-state index >= 15 is 0 Å². The zero-order chi connectivity index (χ0) is 19.8. The van der Waals surface area contributed by atoms with Gasteiger partial charge < -0.3 is 10.6 Å². The van der Waals surface area contributed by atoms with Gasteiger partial charge in [0.2, 0.25) is 11.8 Å². The molecular formula is C24H24N2O2. The number of amides is 2. The zero-order valence-corrected chi connectivity index (χ0v) is 15.8. The Bertz CT molecular complexity index is 856. The molecule has 4 nitrogen and oxygen atoms in total. The number of nitrogens with one attached hydrogen (secondary N) is 2. The third-order valence-corrected chi connectivity index (χ3v) is 4.54. The summed E-state index contributed by atoms with van der Waals surface area (Å²) < 4.78 is 0. The first-order valence-corrected chi connectivity index (χ1v) is 9.35. The molecule has 142 valence electrons. The molecule has 3 aromatic rings. The molecule has 0 aliphatic heterocycles. The molecule has 0 spiro atoms. The third-order valence-electron chi connectivity index (χ3n) is 4.54. The summed E-state index contributed by atoms with van der Waals surface area (Å²) in [5, 5.41) is 6.01. The van der Waals surface area contributed by atoms with Gasteiger partial charge in [-0.3, -0.25) is 9.59 Å². The predicted molar refractivity (Wildman–Crippen MR) is 110 cm³/mol. The van der Waals surface area contributed by atoms with Crippen LogP contribution in [0, 0.1) is 0 Å². The van der Waals surface area contributed by atoms with Gasteiger partial charge in [-0.25, -0.2) is 0 Å². The van der Waals surface area contributed by atoms with Crippen LogP contribution in [0.15, 0.2) is 91.0 Å². The van der Waals surface area contributed by atoms with Crippen molar-refractivity contribution in [2.75, 3.05) is 0 Å². The Labute approximate surface area is 165 Å². The van der Waals surface area contributed by atoms with Crippen LogP contribution in [0.2, 0.25) is 0 Å². The number of carbonyl (C=O) groups is 2. The minimum absolute atomic E-state index is 0.125. The lowest BCUT2D eigenvalue weighted by Gasteiger charge is -2.23. The summed E-state index contributed by atoms with van der Waals surface area (Å²) in [5.41, 5.74) is 2.93. The Kier molecular flexibility index (Phi) is 6.58. The van der Waals surface area contributed by atoms with Gasteiger partial charge in [-0.1, -0.05) is 91.0 Å². The van der Waals surface area contributed by atoms with E-state index in [4.69, 9.17) is 0 Å². The molecular weight excluding hydrogens is 348 g/mol. The van der Waals surface area contributed by atoms with E-state index in [0.717, 1.165) is 16.7 Å². The molecule has 0 aliphatic rings. The molecule has 0 aromatic heterocycles. The molecule has 2 amide bonds. The van der Waals surface area contributed by atoms with Crippen LogP contribution in [-0.2, 0) is 9.59 Å². The molecule has 28 heavy (non-hydrogen) atoms. The normalized spacial score (nSPS) is 11.6. The monoisotopic (exact) mass is 372 g/mol. The van der Waals surface area contributed by atoms with Gasteiger partial charge in [0.05, 0.1) is 18.5 Å². The highest BCUT2D eigenvalue weighted by Gasteiger charge is 2.21. The van der Waals surface area contributed by atoms with E-state index in [-0.39, 0.29) is 30.3 Å². The maximum atomic E-state index is 12.9. The lowest BCUT2D eigenvalue weighted by molar-refractivity contribution is -0.123. The van der Waals surface area contributed by atoms with Crippen molar-refractivity contribution < 1.29 is 9.59 Å². The third kappa shape index (κ3) is 5.30. The molecule has 2 N–H and O–H groups in total. The van der Waals surface area contributed by atoms with Gasteiger partial charge in [-0.15, -0.1) is 0 Å². The van der Waals surface area contributed by atoms with Crippen molar-refractivity contribution in [3.8, 4) is 0 Å². The fraction of sp³-hybridized carbons (Fsp3) is 0.167. The van der Waals surface area contributed by atoms with E-state index < -0.39 is 0 Å². The minimum atomic E-state index is -0.370. The predicted octanol–water partition coefficient (Wildman–Crippen LogP) is 4.16. The molecule has 0 fully saturated rings. The number of benzene rings is 3. The van der Waals surface area contributed by atoms with Crippen molar-refractivity contribution in [3.63, 3.8) is 0 Å². The van der Waals surface area contributed by atoms with Crippen molar-refractivity contribution in [1.82, 2.24) is 10.6 Å². The van der Waals surface area contributed by atoms with Gasteiger partial charge in [0.15, 0.2) is 0 Å². The van der Waals surface area contributed by atoms with E-state index in [1.807, 2.05) is 91.0 Å². The molecule has 3 aromatic carbocycles. The van der Waals surface area contributed by atoms with Crippen molar-refractivity contribution >= 4 is 11.8 Å². The van der Waals surface area contributed by atoms with E-state index in [1.54, 1.807) is 0 Å². The average Bonchev–Trinajstić information content (AvgIpc) is 2.73. The standard InChI is InChI=1S/C24H24N2O2/c1-18(27)25-22(19-11-5-2-6-12-19)17-23(28)26-24(20-13-7-3-8-14-20)21-15-9-4-10-16-21/h2-16,22,24H,17H2,1H3,(H,25,27)(H,26,28). The van der Waals surface area contributed by atoms with Crippen LogP contribution in [-0.4, -0.2) is 11.8 Å². The fourth-order valence-corrected chi connectivity index (χ4v) is 3.24. The second-order valence-electron chi connectivity index (χ2n) is 6.69. The van der Waals surface area contributed by atoms with Crippen molar-refractivity contribution in [1.29, 1.82) is 0 Å². The molecule has 0 saturated heterocycles. The molecule has 0 radical (unpaired) electrons. The molecule has 4 heteroatoms. The highest BCUT2D eigenvalue weighted by molar-refractivity contribution is 5.79. The summed E-state index contributed by atoms with van der Waals surface area (Å²) in [5.74, 6) is -0.287. The highest BCUT2D eigenvalue weighted by Crippen LogP contribution is 2.23. The van der Waals surface area contributed by atoms with E-state index in [1.165, 1.54) is 6.92 Å². The second-order valence-corrected chi connectivity index (χ2v) is 6.69. The zero-order valence-electron chi connectivity index (χ0n) is 15.8. The number of hydrogen-bond donors (Lipinski definition) is 2. The summed E-state index contributed by atoms with van der Waals surface area (Å²) in [6.07, 6.45) is 0.166. The smallest absolute Gasteiger partial charge is 0.223 e. The van der Waals surface area contributed by atoms with Crippen molar-refractivity contribution in [2.45, 2.75) is 25.4 Å². The Morgan fingerprint density at radius 2 is 1.11 bits per heavy atom. The molecule has 0 aliphatic carbocycles. The quantitative estimate of drug-likeness (QED) is 0.654. The molecule has 1 atom stereocenters. The molecule has 0 heterocycles. The maximum absolute atomic E-state index is 12.9. The van der Waals surface area contributed by atoms with Crippen LogP contribution in [0.1, 0.15) is 42.1 Å². The summed E-state index contributed by atoms with van der Waals surface area (Å²) in [6.45, 7) is 1.46. The fourth-order valence-electron chi connectivity index (χ4n) is 3.24. The largest absolute Gasteiger partial charge is 0.349 e. The Morgan fingerprint density at radius 3 is 1.54 bits per heavy atom. The first-order chi connectivity index (χ1) is 13.6. The van der Waals surface area contributed by atoms with E-state index in [0.29, 0.717) is 0 Å². The van der Waals surface area contributed by atoms with E-state index in [9.17, 15) is 9.59 Å². The Balaban J connectivity index is 1.80. The molecule has 3 rings (SSSR count). The summed E-state index contributed by atoms with van der Waals surface area (Å²) in [7, 11) is 0. The SMILES string of the molecule is CC(=O)NC(CC(=O)NC(c1ccccc1)c1ccccc1)c1ccccc1. The van der Waals surface area contributed by atoms with Gasteiger partial charge in [0.1, 0.15) is 0 Å². The lowest BCUT2D eigenvalue weighted by atomic mass is 9.97. The minimum Gasteiger partial charge on any atom is -0.349 e. The first-order valence-electron chi connectivity index (χ1n) is 9.35. The Hall–Kier alpha value is -3.40. The summed E-state index contributed by atoms with van der Waals surface area (Å²) in [6, 6.07) is 28.7. The summed E-state index contributed by atoms with van der Waals surface area (Å²) in [4.78, 5) is 24.5. The van der Waals surface area contributed by atoms with Crippen LogP contribution in [0.4, 0.5) is 0 Å². The van der Waals surface area contributed by atoms with Crippen LogP contribution in [0.5, 0.6) is 0 Å². The van der Waals surface area contributed by atoms with Crippen LogP contribution in [0.25, 0.3) is 0 Å². The second kappa shape index (κ2) is 9.51. The van der Waals surface area contributed by atoms with Gasteiger partial charge in [-0.2, -0.15) is 0 Å². The number of carbonyl (C=O) groups excluding carboxylic acids is 2. The van der Waals surface area contributed by atoms with Gasteiger partial charge in [0.25, 0.3) is 0 Å². The van der Waals surface area contributed by atoms with Crippen LogP contribution >= 0.6 is 0 Å². The number of rotatable bonds is 7. The van der Waals surface area contributed by atoms with Crippen LogP contribution in [0.3, 0.4) is 0 Å². The lowest BCUT2D eigenvalue weighted by Crippen LogP contribution is -2.34. The number of hydrogen-bond acceptors (Lipinski definition) is 2.